The highest BCUT2D eigenvalue weighted by molar-refractivity contribution is 5.65. The highest BCUT2D eigenvalue weighted by Gasteiger charge is 2.93. The van der Waals surface area contributed by atoms with Crippen molar-refractivity contribution in [2.45, 2.75) is 43.9 Å². The van der Waals surface area contributed by atoms with Gasteiger partial charge in [-0.15, -0.1) is 0 Å². The molecule has 2 unspecified atom stereocenters. The van der Waals surface area contributed by atoms with Gasteiger partial charge in [-0.05, 0) is 50.2 Å². The molecule has 156 valence electrons. The van der Waals surface area contributed by atoms with Crippen LogP contribution < -0.4 is 5.73 Å². The molecule has 7 rings (SSSR count). The van der Waals surface area contributed by atoms with Gasteiger partial charge >= 0.3 is 6.18 Å². The van der Waals surface area contributed by atoms with Gasteiger partial charge in [0.1, 0.15) is 5.82 Å². The molecule has 4 aliphatic carbocycles. The molecule has 0 spiro atoms. The van der Waals surface area contributed by atoms with Crippen LogP contribution in [0.1, 0.15) is 43.6 Å². The minimum Gasteiger partial charge on any atom is -0.383 e. The van der Waals surface area contributed by atoms with Crippen molar-refractivity contribution in [3.05, 3.63) is 48.3 Å². The van der Waals surface area contributed by atoms with Crippen molar-refractivity contribution in [2.24, 2.45) is 17.8 Å². The Morgan fingerprint density at radius 1 is 1.23 bits per heavy atom. The summed E-state index contributed by atoms with van der Waals surface area (Å²) in [5.74, 6) is 1.29. The first-order valence-corrected chi connectivity index (χ1v) is 10.1. The molecule has 6 nitrogen and oxygen atoms in total. The minimum atomic E-state index is -4.55. The van der Waals surface area contributed by atoms with Crippen molar-refractivity contribution in [3.63, 3.8) is 0 Å². The molecule has 3 aromatic heterocycles. The average Bonchev–Trinajstić information content (AvgIpc) is 3.20. The lowest BCUT2D eigenvalue weighted by atomic mass is 10.00. The number of alkyl halides is 3. The second kappa shape index (κ2) is 5.44. The van der Waals surface area contributed by atoms with Crippen LogP contribution in [0.2, 0.25) is 0 Å². The Balaban J connectivity index is 1.40. The van der Waals surface area contributed by atoms with Gasteiger partial charge in [0.15, 0.2) is 0 Å². The van der Waals surface area contributed by atoms with Gasteiger partial charge in [0.05, 0.1) is 17.6 Å². The Hall–Kier alpha value is -2.84. The normalized spacial score (nSPS) is 31.3. The number of nitrogen functional groups attached to an aromatic ring is 1. The number of nitrogens with two attached hydrogens (primary N) is 1. The van der Waals surface area contributed by atoms with Crippen LogP contribution in [0.3, 0.4) is 0 Å². The SMILES string of the molecule is CC(C)n1nc(-c2cnc(N)c(C(F)(F)F)c2)cc1[C@]12C3C(n4ccnc4)C[C@@H]1[C@H]32. The van der Waals surface area contributed by atoms with E-state index < -0.39 is 17.6 Å². The van der Waals surface area contributed by atoms with E-state index in [0.29, 0.717) is 35.1 Å². The van der Waals surface area contributed by atoms with E-state index in [2.05, 4.69) is 14.5 Å². The summed E-state index contributed by atoms with van der Waals surface area (Å²) in [6.45, 7) is 4.10. The number of hydrogen-bond donors (Lipinski definition) is 1. The zero-order valence-corrected chi connectivity index (χ0v) is 16.5. The standard InChI is InChI=1S/C21H21F3N6/c1-10(2)30-16(20-12-6-15(18(20)17(12)20)29-4-3-26-9-29)7-14(28-30)11-5-13(21(22,23)24)19(25)27-8-11/h3-5,7-10,12,15,17-18H,6H2,1-2H3,(H2,25,27)/t12-,15?,17-,18?,20-/m1/s1. The molecule has 2 N–H and O–H groups in total. The number of halogens is 3. The van der Waals surface area contributed by atoms with Crippen LogP contribution in [0.4, 0.5) is 19.0 Å². The molecule has 3 heterocycles. The largest absolute Gasteiger partial charge is 0.419 e. The number of nitrogens with zero attached hydrogens (tertiary/aromatic N) is 5. The Kier molecular flexibility index (Phi) is 3.26. The summed E-state index contributed by atoms with van der Waals surface area (Å²) in [7, 11) is 0. The third kappa shape index (κ3) is 2.12. The highest BCUT2D eigenvalue weighted by Crippen LogP contribution is 2.93. The lowest BCUT2D eigenvalue weighted by Gasteiger charge is -2.16. The highest BCUT2D eigenvalue weighted by atomic mass is 19.4. The zero-order chi connectivity index (χ0) is 21.0. The second-order valence-electron chi connectivity index (χ2n) is 9.01. The lowest BCUT2D eigenvalue weighted by molar-refractivity contribution is -0.137. The van der Waals surface area contributed by atoms with Gasteiger partial charge in [-0.25, -0.2) is 9.97 Å². The molecule has 4 saturated carbocycles. The van der Waals surface area contributed by atoms with Crippen molar-refractivity contribution in [1.29, 1.82) is 0 Å². The molecule has 3 aromatic rings. The summed E-state index contributed by atoms with van der Waals surface area (Å²) >= 11 is 0. The number of imidazole rings is 1. The Morgan fingerprint density at radius 3 is 2.67 bits per heavy atom. The fourth-order valence-corrected chi connectivity index (χ4v) is 6.06. The van der Waals surface area contributed by atoms with E-state index in [-0.39, 0.29) is 11.5 Å². The maximum Gasteiger partial charge on any atom is 0.419 e. The quantitative estimate of drug-likeness (QED) is 0.698. The summed E-state index contributed by atoms with van der Waals surface area (Å²) in [5.41, 5.74) is 6.65. The van der Waals surface area contributed by atoms with Crippen molar-refractivity contribution in [2.75, 3.05) is 5.73 Å². The van der Waals surface area contributed by atoms with Crippen LogP contribution in [0.25, 0.3) is 11.3 Å². The van der Waals surface area contributed by atoms with E-state index in [4.69, 9.17) is 10.8 Å². The molecule has 4 fully saturated rings. The zero-order valence-electron chi connectivity index (χ0n) is 16.5. The molecule has 0 amide bonds. The molecule has 0 radical (unpaired) electrons. The van der Waals surface area contributed by atoms with Crippen molar-refractivity contribution < 1.29 is 13.2 Å². The molecule has 2 bridgehead atoms. The fourth-order valence-electron chi connectivity index (χ4n) is 6.06. The van der Waals surface area contributed by atoms with Crippen LogP contribution in [0.15, 0.2) is 37.1 Å². The maximum atomic E-state index is 13.3. The van der Waals surface area contributed by atoms with Crippen LogP contribution >= 0.6 is 0 Å². The summed E-state index contributed by atoms with van der Waals surface area (Å²) in [5, 5.41) is 4.70. The summed E-state index contributed by atoms with van der Waals surface area (Å²) in [6, 6.07) is 3.57. The molecule has 0 saturated heterocycles. The van der Waals surface area contributed by atoms with Crippen LogP contribution in [0.5, 0.6) is 0 Å². The van der Waals surface area contributed by atoms with Crippen molar-refractivity contribution >= 4 is 5.82 Å². The van der Waals surface area contributed by atoms with Gasteiger partial charge in [0, 0.05) is 47.3 Å². The van der Waals surface area contributed by atoms with Gasteiger partial charge in [0.2, 0.25) is 0 Å². The van der Waals surface area contributed by atoms with Crippen molar-refractivity contribution in [1.82, 2.24) is 24.3 Å². The first-order chi connectivity index (χ1) is 14.2. The van der Waals surface area contributed by atoms with Crippen LogP contribution in [0, 0.1) is 17.8 Å². The number of fused-ring (bicyclic) bond motifs is 1. The second-order valence-corrected chi connectivity index (χ2v) is 9.01. The van der Waals surface area contributed by atoms with Gasteiger partial charge < -0.3 is 10.3 Å². The van der Waals surface area contributed by atoms with Gasteiger partial charge in [-0.2, -0.15) is 18.3 Å². The number of aromatic nitrogens is 5. The number of hydrogen-bond acceptors (Lipinski definition) is 4. The molecule has 30 heavy (non-hydrogen) atoms. The molecule has 0 aliphatic heterocycles. The third-order valence-corrected chi connectivity index (χ3v) is 7.32. The lowest BCUT2D eigenvalue weighted by Crippen LogP contribution is -2.16. The van der Waals surface area contributed by atoms with Gasteiger partial charge in [0.25, 0.3) is 0 Å². The Bertz CT molecular complexity index is 1140. The molecule has 9 heteroatoms. The Morgan fingerprint density at radius 2 is 2.03 bits per heavy atom. The number of anilines is 1. The topological polar surface area (TPSA) is 74.6 Å². The van der Waals surface area contributed by atoms with E-state index in [1.165, 1.54) is 6.20 Å². The predicted molar refractivity (Wildman–Crippen MR) is 103 cm³/mol. The first kappa shape index (κ1) is 18.0. The van der Waals surface area contributed by atoms with Gasteiger partial charge in [-0.1, -0.05) is 0 Å². The molecule has 0 aromatic carbocycles. The van der Waals surface area contributed by atoms with E-state index in [1.54, 1.807) is 6.20 Å². The predicted octanol–water partition coefficient (Wildman–Crippen LogP) is 4.08. The fraction of sp³-hybridized carbons (Fsp3) is 0.476. The van der Waals surface area contributed by atoms with E-state index in [9.17, 15) is 13.2 Å². The third-order valence-electron chi connectivity index (χ3n) is 7.32. The summed E-state index contributed by atoms with van der Waals surface area (Å²) in [4.78, 5) is 7.97. The molecule has 5 atom stereocenters. The summed E-state index contributed by atoms with van der Waals surface area (Å²) in [6.07, 6.45) is 3.64. The minimum absolute atomic E-state index is 0.110. The smallest absolute Gasteiger partial charge is 0.383 e. The molecule has 4 aliphatic rings. The van der Waals surface area contributed by atoms with Gasteiger partial charge in [-0.3, -0.25) is 4.68 Å². The Labute approximate surface area is 170 Å². The van der Waals surface area contributed by atoms with E-state index in [1.807, 2.05) is 37.1 Å². The maximum absolute atomic E-state index is 13.3. The van der Waals surface area contributed by atoms with Crippen LogP contribution in [-0.2, 0) is 11.6 Å². The first-order valence-electron chi connectivity index (χ1n) is 10.1. The number of rotatable bonds is 4. The van der Waals surface area contributed by atoms with Crippen LogP contribution in [-0.4, -0.2) is 24.3 Å². The van der Waals surface area contributed by atoms with E-state index >= 15 is 0 Å². The average molecular weight is 414 g/mol. The summed E-state index contributed by atoms with van der Waals surface area (Å²) < 4.78 is 44.1. The monoisotopic (exact) mass is 414 g/mol. The molecular weight excluding hydrogens is 393 g/mol. The van der Waals surface area contributed by atoms with E-state index in [0.717, 1.165) is 18.2 Å². The number of pyridine rings is 1. The van der Waals surface area contributed by atoms with Crippen molar-refractivity contribution in [3.8, 4) is 11.3 Å². The molecular formula is C21H21F3N6.